The molecule has 17 heteroatoms. The number of hydrogen-bond donors (Lipinski definition) is 2. The summed E-state index contributed by atoms with van der Waals surface area (Å²) in [6, 6.07) is 2.68. The molecule has 0 unspecified atom stereocenters. The van der Waals surface area contributed by atoms with Gasteiger partial charge < -0.3 is 29.5 Å². The number of fused-ring (bicyclic) bond motifs is 1. The summed E-state index contributed by atoms with van der Waals surface area (Å²) in [7, 11) is 0. The van der Waals surface area contributed by atoms with Crippen molar-refractivity contribution in [2.75, 3.05) is 54.5 Å². The Morgan fingerprint density at radius 1 is 1.17 bits per heavy atom. The molecule has 0 radical (unpaired) electrons. The number of piperazine rings is 1. The summed E-state index contributed by atoms with van der Waals surface area (Å²) >= 11 is 6.12. The van der Waals surface area contributed by atoms with E-state index >= 15 is 0 Å². The highest BCUT2D eigenvalue weighted by Crippen LogP contribution is 2.34. The summed E-state index contributed by atoms with van der Waals surface area (Å²) in [5.74, 6) is -0.00772. The van der Waals surface area contributed by atoms with Crippen molar-refractivity contribution in [3.05, 3.63) is 62.9 Å². The lowest BCUT2D eigenvalue weighted by atomic mass is 10.1. The minimum atomic E-state index is -4.59. The molecule has 2 aliphatic heterocycles. The normalized spacial score (nSPS) is 15.8. The van der Waals surface area contributed by atoms with Crippen LogP contribution in [-0.2, 0) is 28.7 Å². The standard InChI is InChI=1S/C31H35ClF3N9O4/c1-4-23-26(41-11-9-40(10-12-41)24-16-36-43(18(2)3)28(24)46)29(47)44-30(38-27(39-44)19-7-13-48-14-8-19)42(23)17-25(45)37-22-6-5-20(15-21(22)32)31(33,34)35/h5-7,15-16,18,46H,4,8-14,17H2,1-3H3,(H,37,45). The molecule has 1 aromatic carbocycles. The molecule has 2 N–H and O–H groups in total. The molecule has 6 rings (SSSR count). The highest BCUT2D eigenvalue weighted by molar-refractivity contribution is 6.33. The van der Waals surface area contributed by atoms with E-state index < -0.39 is 17.6 Å². The first-order chi connectivity index (χ1) is 22.9. The van der Waals surface area contributed by atoms with Gasteiger partial charge in [0, 0.05) is 26.2 Å². The van der Waals surface area contributed by atoms with Crippen molar-refractivity contribution in [1.82, 2.24) is 28.9 Å². The molecule has 1 fully saturated rings. The fraction of sp³-hybridized carbons (Fsp3) is 0.452. The zero-order valence-corrected chi connectivity index (χ0v) is 27.3. The zero-order valence-electron chi connectivity index (χ0n) is 26.6. The summed E-state index contributed by atoms with van der Waals surface area (Å²) in [5.41, 5.74) is 1.02. The van der Waals surface area contributed by atoms with E-state index in [4.69, 9.17) is 16.3 Å². The molecule has 2 aliphatic rings. The van der Waals surface area contributed by atoms with Gasteiger partial charge in [0.1, 0.15) is 17.9 Å². The second-order valence-corrected chi connectivity index (χ2v) is 12.3. The van der Waals surface area contributed by atoms with Gasteiger partial charge in [-0.1, -0.05) is 24.6 Å². The number of carbonyl (C=O) groups excluding carboxylic acids is 1. The molecule has 4 aromatic rings. The van der Waals surface area contributed by atoms with Gasteiger partial charge in [-0.15, -0.1) is 5.10 Å². The molecule has 0 spiro atoms. The van der Waals surface area contributed by atoms with Crippen molar-refractivity contribution in [2.24, 2.45) is 0 Å². The fourth-order valence-electron chi connectivity index (χ4n) is 6.04. The Morgan fingerprint density at radius 3 is 2.50 bits per heavy atom. The monoisotopic (exact) mass is 689 g/mol. The van der Waals surface area contributed by atoms with E-state index in [2.05, 4.69) is 20.5 Å². The third kappa shape index (κ3) is 6.33. The lowest BCUT2D eigenvalue weighted by molar-refractivity contribution is -0.137. The van der Waals surface area contributed by atoms with E-state index in [0.29, 0.717) is 75.1 Å². The van der Waals surface area contributed by atoms with Gasteiger partial charge in [-0.25, -0.2) is 4.68 Å². The number of alkyl halides is 3. The summed E-state index contributed by atoms with van der Waals surface area (Å²) in [5, 5.41) is 22.0. The van der Waals surface area contributed by atoms with Gasteiger partial charge in [-0.2, -0.15) is 27.8 Å². The Bertz CT molecular complexity index is 1940. The van der Waals surface area contributed by atoms with Gasteiger partial charge in [-0.05, 0) is 50.5 Å². The van der Waals surface area contributed by atoms with Crippen molar-refractivity contribution in [3.8, 4) is 5.88 Å². The smallest absolute Gasteiger partial charge is 0.416 e. The van der Waals surface area contributed by atoms with Crippen molar-refractivity contribution in [3.63, 3.8) is 0 Å². The third-order valence-corrected chi connectivity index (χ3v) is 8.77. The number of hydrogen-bond acceptors (Lipinski definition) is 9. The molecule has 0 saturated carbocycles. The predicted octanol–water partition coefficient (Wildman–Crippen LogP) is 4.38. The average Bonchev–Trinajstić information content (AvgIpc) is 3.68. The van der Waals surface area contributed by atoms with E-state index in [1.165, 1.54) is 4.52 Å². The quantitative estimate of drug-likeness (QED) is 0.277. The van der Waals surface area contributed by atoms with Crippen LogP contribution in [-0.4, -0.2) is 79.4 Å². The van der Waals surface area contributed by atoms with Crippen molar-refractivity contribution in [2.45, 2.75) is 52.4 Å². The van der Waals surface area contributed by atoms with Crippen LogP contribution in [0.15, 0.2) is 35.3 Å². The zero-order chi connectivity index (χ0) is 34.3. The topological polar surface area (TPSA) is 135 Å². The van der Waals surface area contributed by atoms with Crippen molar-refractivity contribution < 1.29 is 27.8 Å². The molecule has 13 nitrogen and oxygen atoms in total. The Balaban J connectivity index is 1.36. The van der Waals surface area contributed by atoms with Crippen LogP contribution in [0.3, 0.4) is 0 Å². The van der Waals surface area contributed by atoms with Gasteiger partial charge in [0.15, 0.2) is 5.82 Å². The highest BCUT2D eigenvalue weighted by Gasteiger charge is 2.32. The lowest BCUT2D eigenvalue weighted by Gasteiger charge is -2.37. The molecule has 256 valence electrons. The Hall–Kier alpha value is -4.57. The minimum absolute atomic E-state index is 0.0136. The molecule has 48 heavy (non-hydrogen) atoms. The fourth-order valence-corrected chi connectivity index (χ4v) is 6.27. The molecular weight excluding hydrogens is 655 g/mol. The molecule has 1 saturated heterocycles. The molecular formula is C31H35ClF3N9O4. The first-order valence-corrected chi connectivity index (χ1v) is 16.0. The summed E-state index contributed by atoms with van der Waals surface area (Å²) in [4.78, 5) is 36.3. The molecule has 0 bridgehead atoms. The van der Waals surface area contributed by atoms with Gasteiger partial charge in [0.05, 0.1) is 47.4 Å². The molecule has 5 heterocycles. The predicted molar refractivity (Wildman–Crippen MR) is 174 cm³/mol. The SMILES string of the molecule is CCc1c(N2CCN(c3cnn(C(C)C)c3O)CC2)c(=O)n2nc(C3=CCOCC3)nc2n1CC(=O)Nc1ccc(C(F)(F)F)cc1Cl. The number of aromatic nitrogens is 6. The molecule has 3 aromatic heterocycles. The van der Waals surface area contributed by atoms with Gasteiger partial charge in [0.2, 0.25) is 17.6 Å². The summed E-state index contributed by atoms with van der Waals surface area (Å²) in [6.07, 6.45) is -0.202. The van der Waals surface area contributed by atoms with Crippen molar-refractivity contribution >= 4 is 45.9 Å². The Labute approximate surface area is 278 Å². The van der Waals surface area contributed by atoms with Crippen LogP contribution in [0.25, 0.3) is 11.4 Å². The first kappa shape index (κ1) is 33.3. The number of benzene rings is 1. The van der Waals surface area contributed by atoms with Crippen LogP contribution in [0.2, 0.25) is 5.02 Å². The number of ether oxygens (including phenoxy) is 1. The maximum atomic E-state index is 14.2. The van der Waals surface area contributed by atoms with Gasteiger partial charge in [0.25, 0.3) is 5.56 Å². The van der Waals surface area contributed by atoms with Gasteiger partial charge in [-0.3, -0.25) is 9.59 Å². The number of anilines is 3. The average molecular weight is 690 g/mol. The number of rotatable bonds is 8. The highest BCUT2D eigenvalue weighted by atomic mass is 35.5. The van der Waals surface area contributed by atoms with Crippen LogP contribution in [0, 0.1) is 0 Å². The third-order valence-electron chi connectivity index (χ3n) is 8.46. The number of carbonyl (C=O) groups is 1. The maximum Gasteiger partial charge on any atom is 0.416 e. The second-order valence-electron chi connectivity index (χ2n) is 11.8. The lowest BCUT2D eigenvalue weighted by Crippen LogP contribution is -2.49. The van der Waals surface area contributed by atoms with E-state index in [1.54, 1.807) is 15.4 Å². The van der Waals surface area contributed by atoms with E-state index in [0.717, 1.165) is 23.8 Å². The largest absolute Gasteiger partial charge is 0.492 e. The van der Waals surface area contributed by atoms with Crippen LogP contribution in [0.4, 0.5) is 30.2 Å². The first-order valence-electron chi connectivity index (χ1n) is 15.6. The maximum absolute atomic E-state index is 14.2. The van der Waals surface area contributed by atoms with Crippen LogP contribution in [0.5, 0.6) is 5.88 Å². The number of nitrogens with one attached hydrogen (secondary N) is 1. The Morgan fingerprint density at radius 2 is 1.90 bits per heavy atom. The van der Waals surface area contributed by atoms with Gasteiger partial charge >= 0.3 is 6.18 Å². The van der Waals surface area contributed by atoms with Crippen LogP contribution < -0.4 is 20.7 Å². The second kappa shape index (κ2) is 13.1. The van der Waals surface area contributed by atoms with E-state index in [1.807, 2.05) is 36.6 Å². The molecule has 1 amide bonds. The number of amides is 1. The summed E-state index contributed by atoms with van der Waals surface area (Å²) < 4.78 is 49.3. The minimum Gasteiger partial charge on any atom is -0.492 e. The summed E-state index contributed by atoms with van der Waals surface area (Å²) in [6.45, 7) is 8.08. The van der Waals surface area contributed by atoms with Crippen LogP contribution in [0.1, 0.15) is 50.3 Å². The van der Waals surface area contributed by atoms with E-state index in [-0.39, 0.29) is 40.5 Å². The number of nitrogens with zero attached hydrogens (tertiary/aromatic N) is 8. The number of aromatic hydroxyl groups is 1. The Kier molecular flexibility index (Phi) is 9.13. The van der Waals surface area contributed by atoms with Crippen LogP contribution >= 0.6 is 11.6 Å². The number of halogens is 4. The molecule has 0 atom stereocenters. The molecule has 0 aliphatic carbocycles. The van der Waals surface area contributed by atoms with E-state index in [9.17, 15) is 27.9 Å². The van der Waals surface area contributed by atoms with Crippen molar-refractivity contribution in [1.29, 1.82) is 0 Å².